The lowest BCUT2D eigenvalue weighted by Gasteiger charge is -2.31. The first kappa shape index (κ1) is 25.9. The second kappa shape index (κ2) is 10.4. The lowest BCUT2D eigenvalue weighted by molar-refractivity contribution is -0.137. The molecule has 1 saturated heterocycles. The van der Waals surface area contributed by atoms with Crippen molar-refractivity contribution in [3.63, 3.8) is 0 Å². The first-order valence-corrected chi connectivity index (χ1v) is 12.7. The van der Waals surface area contributed by atoms with Crippen molar-refractivity contribution in [3.05, 3.63) is 75.7 Å². The van der Waals surface area contributed by atoms with E-state index in [2.05, 4.69) is 4.98 Å². The highest BCUT2D eigenvalue weighted by Crippen LogP contribution is 2.34. The lowest BCUT2D eigenvalue weighted by Crippen LogP contribution is -2.38. The van der Waals surface area contributed by atoms with Crippen LogP contribution in [0.4, 0.5) is 13.2 Å². The smallest absolute Gasteiger partial charge is 0.339 e. The van der Waals surface area contributed by atoms with Gasteiger partial charge in [-0.15, -0.1) is 11.3 Å². The number of piperidine rings is 1. The van der Waals surface area contributed by atoms with Gasteiger partial charge in [0.25, 0.3) is 11.8 Å². The zero-order valence-electron chi connectivity index (χ0n) is 20.4. The molecule has 0 aliphatic carbocycles. The van der Waals surface area contributed by atoms with E-state index in [4.69, 9.17) is 0 Å². The molecule has 0 spiro atoms. The normalized spacial score (nSPS) is 14.8. The van der Waals surface area contributed by atoms with Gasteiger partial charge in [-0.25, -0.2) is 4.98 Å². The minimum absolute atomic E-state index is 0.0855. The van der Waals surface area contributed by atoms with Crippen molar-refractivity contribution in [1.82, 2.24) is 14.8 Å². The number of alkyl halides is 3. The van der Waals surface area contributed by atoms with Crippen LogP contribution in [0, 0.1) is 0 Å². The number of thiazole rings is 1. The molecule has 2 aromatic carbocycles. The van der Waals surface area contributed by atoms with Crippen LogP contribution in [0.2, 0.25) is 0 Å². The molecule has 1 aliphatic heterocycles. The molecule has 4 rings (SSSR count). The maximum atomic E-state index is 13.4. The summed E-state index contributed by atoms with van der Waals surface area (Å²) < 4.78 is 38.9. The zero-order chi connectivity index (χ0) is 26.0. The highest BCUT2D eigenvalue weighted by molar-refractivity contribution is 7.09. The van der Waals surface area contributed by atoms with E-state index in [1.54, 1.807) is 46.5 Å². The number of likely N-dealkylation sites (tertiary alicyclic amines) is 1. The minimum Gasteiger partial charge on any atom is -0.339 e. The van der Waals surface area contributed by atoms with Gasteiger partial charge in [0.05, 0.1) is 10.6 Å². The summed E-state index contributed by atoms with van der Waals surface area (Å²) in [6, 6.07) is 12.0. The van der Waals surface area contributed by atoms with Gasteiger partial charge in [0.15, 0.2) is 0 Å². The highest BCUT2D eigenvalue weighted by Gasteiger charge is 2.31. The van der Waals surface area contributed by atoms with Crippen molar-refractivity contribution in [2.24, 2.45) is 0 Å². The summed E-state index contributed by atoms with van der Waals surface area (Å²) in [5.41, 5.74) is 1.37. The van der Waals surface area contributed by atoms with E-state index in [-0.39, 0.29) is 23.8 Å². The van der Waals surface area contributed by atoms with Gasteiger partial charge >= 0.3 is 6.18 Å². The summed E-state index contributed by atoms with van der Waals surface area (Å²) in [5.74, 6) is -0.0624. The lowest BCUT2D eigenvalue weighted by atomic mass is 9.94. The van der Waals surface area contributed by atoms with E-state index >= 15 is 0 Å². The Morgan fingerprint density at radius 2 is 1.69 bits per heavy atom. The second-order valence-corrected chi connectivity index (χ2v) is 10.2. The van der Waals surface area contributed by atoms with E-state index in [0.717, 1.165) is 30.0 Å². The quantitative estimate of drug-likeness (QED) is 0.399. The van der Waals surface area contributed by atoms with Crippen LogP contribution in [-0.2, 0) is 6.18 Å². The summed E-state index contributed by atoms with van der Waals surface area (Å²) in [7, 11) is 1.76. The van der Waals surface area contributed by atoms with Crippen molar-refractivity contribution in [2.45, 2.75) is 44.8 Å². The summed E-state index contributed by atoms with van der Waals surface area (Å²) in [6.45, 7) is 4.99. The molecule has 2 amide bonds. The van der Waals surface area contributed by atoms with Crippen LogP contribution >= 0.6 is 11.3 Å². The Kier molecular flexibility index (Phi) is 7.49. The molecular weight excluding hydrogens is 487 g/mol. The molecule has 1 fully saturated rings. The third kappa shape index (κ3) is 5.46. The van der Waals surface area contributed by atoms with Crippen LogP contribution in [0.1, 0.15) is 64.0 Å². The Balaban J connectivity index is 1.44. The van der Waals surface area contributed by atoms with Gasteiger partial charge in [-0.2, -0.15) is 13.2 Å². The van der Waals surface area contributed by atoms with Crippen molar-refractivity contribution < 1.29 is 22.8 Å². The van der Waals surface area contributed by atoms with Crippen LogP contribution in [-0.4, -0.2) is 52.8 Å². The van der Waals surface area contributed by atoms with E-state index in [1.165, 1.54) is 23.5 Å². The van der Waals surface area contributed by atoms with Crippen molar-refractivity contribution in [2.75, 3.05) is 20.1 Å². The average Bonchev–Trinajstić information content (AvgIpc) is 3.37. The van der Waals surface area contributed by atoms with Gasteiger partial charge in [0.1, 0.15) is 5.69 Å². The van der Waals surface area contributed by atoms with Gasteiger partial charge < -0.3 is 9.80 Å². The average molecular weight is 516 g/mol. The summed E-state index contributed by atoms with van der Waals surface area (Å²) in [5, 5.41) is 2.71. The van der Waals surface area contributed by atoms with Gasteiger partial charge in [0.2, 0.25) is 0 Å². The van der Waals surface area contributed by atoms with Gasteiger partial charge in [-0.1, -0.05) is 30.3 Å². The first-order valence-electron chi connectivity index (χ1n) is 11.8. The minimum atomic E-state index is -4.41. The maximum Gasteiger partial charge on any atom is 0.416 e. The number of nitrogens with zero attached hydrogens (tertiary/aromatic N) is 3. The zero-order valence-corrected chi connectivity index (χ0v) is 21.2. The molecule has 0 atom stereocenters. The number of carbonyl (C=O) groups is 2. The van der Waals surface area contributed by atoms with Gasteiger partial charge in [-0.05, 0) is 56.0 Å². The molecule has 0 N–H and O–H groups in total. The number of benzene rings is 2. The van der Waals surface area contributed by atoms with Crippen molar-refractivity contribution >= 4 is 23.2 Å². The topological polar surface area (TPSA) is 53.5 Å². The van der Waals surface area contributed by atoms with Crippen LogP contribution in [0.3, 0.4) is 0 Å². The molecule has 5 nitrogen and oxygen atoms in total. The predicted molar refractivity (Wildman–Crippen MR) is 134 cm³/mol. The fourth-order valence-electron chi connectivity index (χ4n) is 4.25. The molecule has 0 unspecified atom stereocenters. The van der Waals surface area contributed by atoms with Crippen LogP contribution in [0.5, 0.6) is 0 Å². The molecule has 0 saturated carbocycles. The van der Waals surface area contributed by atoms with Crippen molar-refractivity contribution in [3.8, 4) is 11.1 Å². The van der Waals surface area contributed by atoms with Crippen LogP contribution < -0.4 is 0 Å². The fourth-order valence-corrected chi connectivity index (χ4v) is 5.21. The molecule has 0 bridgehead atoms. The number of rotatable bonds is 5. The van der Waals surface area contributed by atoms with Crippen molar-refractivity contribution in [1.29, 1.82) is 0 Å². The van der Waals surface area contributed by atoms with Gasteiger partial charge in [-0.3, -0.25) is 9.59 Å². The SMILES string of the molecule is CC(C)N(C)C(=O)c1csc(C2CCN(C(=O)c3ccccc3-c3ccc(C(F)(F)F)cc3)CC2)n1. The summed E-state index contributed by atoms with van der Waals surface area (Å²) in [6.07, 6.45) is -2.95. The Morgan fingerprint density at radius 3 is 2.31 bits per heavy atom. The van der Waals surface area contributed by atoms with E-state index < -0.39 is 11.7 Å². The maximum absolute atomic E-state index is 13.4. The molecular formula is C27H28F3N3O2S. The number of aromatic nitrogens is 1. The Hall–Kier alpha value is -3.20. The molecule has 36 heavy (non-hydrogen) atoms. The second-order valence-electron chi connectivity index (χ2n) is 9.27. The number of hydrogen-bond donors (Lipinski definition) is 0. The largest absolute Gasteiger partial charge is 0.416 e. The number of hydrogen-bond acceptors (Lipinski definition) is 4. The highest BCUT2D eigenvalue weighted by atomic mass is 32.1. The molecule has 2 heterocycles. The molecule has 1 aliphatic rings. The Morgan fingerprint density at radius 1 is 1.06 bits per heavy atom. The van der Waals surface area contributed by atoms with Crippen LogP contribution in [0.15, 0.2) is 53.9 Å². The predicted octanol–water partition coefficient (Wildman–Crippen LogP) is 6.33. The number of carbonyl (C=O) groups excluding carboxylic acids is 2. The molecule has 190 valence electrons. The molecule has 0 radical (unpaired) electrons. The van der Waals surface area contributed by atoms with E-state index in [9.17, 15) is 22.8 Å². The number of halogens is 3. The third-order valence-corrected chi connectivity index (χ3v) is 7.66. The first-order chi connectivity index (χ1) is 17.1. The molecule has 3 aromatic rings. The van der Waals surface area contributed by atoms with Crippen LogP contribution in [0.25, 0.3) is 11.1 Å². The standard InChI is InChI=1S/C27H28F3N3O2S/c1-17(2)32(3)26(35)23-16-36-24(31-23)19-12-14-33(15-13-19)25(34)22-7-5-4-6-21(22)18-8-10-20(11-9-18)27(28,29)30/h4-11,16-17,19H,12-15H2,1-3H3. The molecule has 9 heteroatoms. The molecule has 1 aromatic heterocycles. The Bertz CT molecular complexity index is 1230. The Labute approximate surface area is 212 Å². The van der Waals surface area contributed by atoms with E-state index in [1.807, 2.05) is 13.8 Å². The summed E-state index contributed by atoms with van der Waals surface area (Å²) in [4.78, 5) is 34.0. The fraction of sp³-hybridized carbons (Fsp3) is 0.370. The summed E-state index contributed by atoms with van der Waals surface area (Å²) >= 11 is 1.48. The monoisotopic (exact) mass is 515 g/mol. The number of amides is 2. The van der Waals surface area contributed by atoms with Gasteiger partial charge in [0, 0.05) is 43.0 Å². The third-order valence-electron chi connectivity index (χ3n) is 6.65. The van der Waals surface area contributed by atoms with E-state index in [0.29, 0.717) is 35.5 Å².